The van der Waals surface area contributed by atoms with Crippen molar-refractivity contribution in [3.05, 3.63) is 11.6 Å². The molecule has 3 aliphatic rings. The summed E-state index contributed by atoms with van der Waals surface area (Å²) in [6.45, 7) is 3.51. The van der Waals surface area contributed by atoms with Crippen LogP contribution in [0.5, 0.6) is 0 Å². The number of carbonyl (C=O) groups is 2. The highest BCUT2D eigenvalue weighted by Crippen LogP contribution is 2.42. The van der Waals surface area contributed by atoms with Crippen molar-refractivity contribution in [1.82, 2.24) is 9.80 Å². The minimum absolute atomic E-state index is 0.0417. The lowest BCUT2D eigenvalue weighted by Crippen LogP contribution is -2.47. The Balaban J connectivity index is 1.73. The van der Waals surface area contributed by atoms with Gasteiger partial charge in [-0.2, -0.15) is 0 Å². The number of hydrogen-bond acceptors (Lipinski definition) is 2. The highest BCUT2D eigenvalue weighted by Gasteiger charge is 2.52. The van der Waals surface area contributed by atoms with Gasteiger partial charge in [0.25, 0.3) is 0 Å². The molecule has 0 aliphatic carbocycles. The first-order valence-corrected chi connectivity index (χ1v) is 7.03. The molecule has 3 aliphatic heterocycles. The number of urea groups is 1. The molecule has 104 valence electrons. The molecule has 3 unspecified atom stereocenters. The number of carboxylic acids is 1. The maximum Gasteiger partial charge on any atom is 0.320 e. The Kier molecular flexibility index (Phi) is 2.99. The monoisotopic (exact) mass is 264 g/mol. The third-order valence-corrected chi connectivity index (χ3v) is 4.78. The van der Waals surface area contributed by atoms with Gasteiger partial charge in [-0.25, -0.2) is 4.79 Å². The van der Waals surface area contributed by atoms with E-state index in [2.05, 4.69) is 13.0 Å². The van der Waals surface area contributed by atoms with E-state index >= 15 is 0 Å². The van der Waals surface area contributed by atoms with Crippen molar-refractivity contribution in [2.75, 3.05) is 13.1 Å². The summed E-state index contributed by atoms with van der Waals surface area (Å²) in [6.07, 6.45) is 5.46. The maximum atomic E-state index is 12.6. The van der Waals surface area contributed by atoms with Gasteiger partial charge in [-0.15, -0.1) is 0 Å². The lowest BCUT2D eigenvalue weighted by molar-refractivity contribution is -0.142. The Morgan fingerprint density at radius 3 is 2.74 bits per heavy atom. The first-order valence-electron chi connectivity index (χ1n) is 7.03. The Bertz CT molecular complexity index is 446. The standard InChI is InChI=1S/C14H20N2O3/c1-9-4-6-15(7-5-9)14(19)16-10-2-3-12(16)11(8-10)13(17)18/h4,10-12H,2-3,5-8H2,1H3,(H,17,18). The fourth-order valence-corrected chi connectivity index (χ4v) is 3.66. The summed E-state index contributed by atoms with van der Waals surface area (Å²) in [4.78, 5) is 27.5. The molecule has 0 aromatic rings. The van der Waals surface area contributed by atoms with E-state index in [4.69, 9.17) is 0 Å². The van der Waals surface area contributed by atoms with E-state index in [1.165, 1.54) is 5.57 Å². The van der Waals surface area contributed by atoms with E-state index in [1.54, 1.807) is 0 Å². The summed E-state index contributed by atoms with van der Waals surface area (Å²) < 4.78 is 0. The van der Waals surface area contributed by atoms with Crippen molar-refractivity contribution in [1.29, 1.82) is 0 Å². The van der Waals surface area contributed by atoms with Crippen LogP contribution in [-0.2, 0) is 4.79 Å². The molecule has 2 fully saturated rings. The molecule has 3 heterocycles. The van der Waals surface area contributed by atoms with Crippen molar-refractivity contribution in [2.24, 2.45) is 5.92 Å². The molecule has 0 saturated carbocycles. The zero-order chi connectivity index (χ0) is 13.6. The Morgan fingerprint density at radius 2 is 2.16 bits per heavy atom. The SMILES string of the molecule is CC1=CCN(C(=O)N2C3CCC2C(C(=O)O)C3)CC1. The number of hydrogen-bond donors (Lipinski definition) is 1. The summed E-state index contributed by atoms with van der Waals surface area (Å²) in [5.41, 5.74) is 1.33. The second-order valence-electron chi connectivity index (χ2n) is 5.92. The molecule has 19 heavy (non-hydrogen) atoms. The van der Waals surface area contributed by atoms with Crippen LogP contribution in [0.3, 0.4) is 0 Å². The minimum Gasteiger partial charge on any atom is -0.481 e. The van der Waals surface area contributed by atoms with Gasteiger partial charge in [0, 0.05) is 25.2 Å². The molecule has 5 heteroatoms. The lowest BCUT2D eigenvalue weighted by Gasteiger charge is -2.32. The topological polar surface area (TPSA) is 60.9 Å². The van der Waals surface area contributed by atoms with Crippen LogP contribution in [0.1, 0.15) is 32.6 Å². The third-order valence-electron chi connectivity index (χ3n) is 4.78. The summed E-state index contributed by atoms with van der Waals surface area (Å²) in [7, 11) is 0. The van der Waals surface area contributed by atoms with Crippen LogP contribution in [-0.4, -0.2) is 52.1 Å². The van der Waals surface area contributed by atoms with E-state index in [1.807, 2.05) is 9.80 Å². The van der Waals surface area contributed by atoms with E-state index in [0.29, 0.717) is 13.0 Å². The van der Waals surface area contributed by atoms with Gasteiger partial charge in [0.15, 0.2) is 0 Å². The Hall–Kier alpha value is -1.52. The second-order valence-corrected chi connectivity index (χ2v) is 5.92. The first-order chi connectivity index (χ1) is 9.08. The van der Waals surface area contributed by atoms with Gasteiger partial charge in [-0.1, -0.05) is 11.6 Å². The number of rotatable bonds is 1. The van der Waals surface area contributed by atoms with Crippen LogP contribution in [0.2, 0.25) is 0 Å². The molecular weight excluding hydrogens is 244 g/mol. The molecule has 2 bridgehead atoms. The van der Waals surface area contributed by atoms with Crippen LogP contribution in [0.4, 0.5) is 4.79 Å². The number of carbonyl (C=O) groups excluding carboxylic acids is 1. The van der Waals surface area contributed by atoms with Gasteiger partial charge in [-0.05, 0) is 32.6 Å². The first kappa shape index (κ1) is 12.5. The van der Waals surface area contributed by atoms with Gasteiger partial charge in [0.1, 0.15) is 0 Å². The highest BCUT2D eigenvalue weighted by molar-refractivity contribution is 5.79. The summed E-state index contributed by atoms with van der Waals surface area (Å²) in [6, 6.07) is 0.104. The van der Waals surface area contributed by atoms with Crippen LogP contribution in [0.15, 0.2) is 11.6 Å². The van der Waals surface area contributed by atoms with E-state index in [0.717, 1.165) is 25.8 Å². The number of aliphatic carboxylic acids is 1. The number of fused-ring (bicyclic) bond motifs is 2. The van der Waals surface area contributed by atoms with Gasteiger partial charge in [0.2, 0.25) is 0 Å². The molecule has 0 aromatic carbocycles. The smallest absolute Gasteiger partial charge is 0.320 e. The molecule has 0 radical (unpaired) electrons. The van der Waals surface area contributed by atoms with Crippen LogP contribution in [0, 0.1) is 5.92 Å². The van der Waals surface area contributed by atoms with Crippen LogP contribution in [0.25, 0.3) is 0 Å². The molecule has 3 rings (SSSR count). The van der Waals surface area contributed by atoms with Crippen LogP contribution < -0.4 is 0 Å². The fourth-order valence-electron chi connectivity index (χ4n) is 3.66. The predicted molar refractivity (Wildman–Crippen MR) is 69.7 cm³/mol. The van der Waals surface area contributed by atoms with Gasteiger partial charge in [-0.3, -0.25) is 4.79 Å². The average molecular weight is 264 g/mol. The van der Waals surface area contributed by atoms with Crippen LogP contribution >= 0.6 is 0 Å². The zero-order valence-corrected chi connectivity index (χ0v) is 11.2. The third kappa shape index (κ3) is 2.01. The largest absolute Gasteiger partial charge is 0.481 e. The normalized spacial score (nSPS) is 33.5. The number of amides is 2. The van der Waals surface area contributed by atoms with Crippen molar-refractivity contribution in [2.45, 2.75) is 44.7 Å². The summed E-state index contributed by atoms with van der Waals surface area (Å²) in [5.74, 6) is -1.11. The van der Waals surface area contributed by atoms with Crippen molar-refractivity contribution < 1.29 is 14.7 Å². The molecule has 5 nitrogen and oxygen atoms in total. The fraction of sp³-hybridized carbons (Fsp3) is 0.714. The van der Waals surface area contributed by atoms with Crippen molar-refractivity contribution in [3.63, 3.8) is 0 Å². The number of nitrogens with zero attached hydrogens (tertiary/aromatic N) is 2. The van der Waals surface area contributed by atoms with Gasteiger partial charge < -0.3 is 14.9 Å². The maximum absolute atomic E-state index is 12.6. The summed E-state index contributed by atoms with van der Waals surface area (Å²) in [5, 5.41) is 9.22. The molecule has 1 N–H and O–H groups in total. The lowest BCUT2D eigenvalue weighted by atomic mass is 9.89. The molecule has 2 amide bonds. The Labute approximate surface area is 112 Å². The van der Waals surface area contributed by atoms with Crippen molar-refractivity contribution in [3.8, 4) is 0 Å². The molecule has 3 atom stereocenters. The Morgan fingerprint density at radius 1 is 1.37 bits per heavy atom. The van der Waals surface area contributed by atoms with Gasteiger partial charge in [0.05, 0.1) is 5.92 Å². The molecular formula is C14H20N2O3. The highest BCUT2D eigenvalue weighted by atomic mass is 16.4. The second kappa shape index (κ2) is 4.54. The molecule has 2 saturated heterocycles. The van der Waals surface area contributed by atoms with Gasteiger partial charge >= 0.3 is 12.0 Å². The van der Waals surface area contributed by atoms with E-state index in [9.17, 15) is 14.7 Å². The molecule has 0 aromatic heterocycles. The van der Waals surface area contributed by atoms with E-state index in [-0.39, 0.29) is 24.0 Å². The predicted octanol–water partition coefficient (Wildman–Crippen LogP) is 1.70. The summed E-state index contributed by atoms with van der Waals surface area (Å²) >= 11 is 0. The zero-order valence-electron chi connectivity index (χ0n) is 11.2. The van der Waals surface area contributed by atoms with E-state index < -0.39 is 5.97 Å². The average Bonchev–Trinajstić information content (AvgIpc) is 2.96. The number of carboxylic acid groups (broad SMARTS) is 1. The quantitative estimate of drug-likeness (QED) is 0.733. The van der Waals surface area contributed by atoms with Crippen molar-refractivity contribution >= 4 is 12.0 Å². The minimum atomic E-state index is -0.751. The molecule has 0 spiro atoms.